The molecule has 0 aliphatic rings. The highest BCUT2D eigenvalue weighted by Gasteiger charge is 2.08. The van der Waals surface area contributed by atoms with Crippen LogP contribution in [0, 0.1) is 0 Å². The van der Waals surface area contributed by atoms with Crippen LogP contribution in [0.2, 0.25) is 0 Å². The minimum absolute atomic E-state index is 0.0291. The molecule has 1 rings (SSSR count). The summed E-state index contributed by atoms with van der Waals surface area (Å²) in [5, 5.41) is 8.59. The van der Waals surface area contributed by atoms with Crippen molar-refractivity contribution < 1.29 is 14.6 Å². The van der Waals surface area contributed by atoms with Gasteiger partial charge in [0.05, 0.1) is 19.3 Å². The zero-order valence-corrected chi connectivity index (χ0v) is 8.43. The van der Waals surface area contributed by atoms with Crippen LogP contribution >= 0.6 is 0 Å². The monoisotopic (exact) mass is 207 g/mol. The Balaban J connectivity index is 2.98. The summed E-state index contributed by atoms with van der Waals surface area (Å²) < 4.78 is 4.56. The van der Waals surface area contributed by atoms with E-state index in [1.165, 1.54) is 7.11 Å². The first kappa shape index (κ1) is 11.3. The van der Waals surface area contributed by atoms with Gasteiger partial charge in [0.25, 0.3) is 0 Å². The summed E-state index contributed by atoms with van der Waals surface area (Å²) in [7, 11) is 1.31. The van der Waals surface area contributed by atoms with Gasteiger partial charge in [0.15, 0.2) is 0 Å². The van der Waals surface area contributed by atoms with E-state index >= 15 is 0 Å². The fraction of sp³-hybridized carbons (Fsp3) is 0.182. The molecule has 0 heterocycles. The van der Waals surface area contributed by atoms with E-state index in [1.54, 1.807) is 30.4 Å². The topological polar surface area (TPSA) is 72.5 Å². The summed E-state index contributed by atoms with van der Waals surface area (Å²) in [6.07, 6.45) is 3.31. The predicted octanol–water partition coefficient (Wildman–Crippen LogP) is 1.06. The van der Waals surface area contributed by atoms with E-state index in [1.807, 2.05) is 0 Å². The minimum Gasteiger partial charge on any atom is -0.465 e. The molecule has 0 amide bonds. The van der Waals surface area contributed by atoms with Crippen LogP contribution in [0.3, 0.4) is 0 Å². The van der Waals surface area contributed by atoms with Gasteiger partial charge in [-0.1, -0.05) is 18.2 Å². The molecule has 15 heavy (non-hydrogen) atoms. The molecule has 0 bridgehead atoms. The molecule has 0 atom stereocenters. The van der Waals surface area contributed by atoms with Crippen LogP contribution in [-0.4, -0.2) is 24.8 Å². The van der Waals surface area contributed by atoms with Crippen LogP contribution in [0.25, 0.3) is 6.08 Å². The lowest BCUT2D eigenvalue weighted by atomic mass is 10.1. The molecule has 1 aromatic carbocycles. The normalized spacial score (nSPS) is 10.5. The molecule has 0 saturated heterocycles. The standard InChI is InChI=1S/C11H13NO3/c1-15-11(14)9-5-4-8(3-2-6-13)7-10(9)12/h2-5,7,13H,6,12H2,1H3. The van der Waals surface area contributed by atoms with Gasteiger partial charge in [0, 0.05) is 5.69 Å². The molecular weight excluding hydrogens is 194 g/mol. The predicted molar refractivity (Wildman–Crippen MR) is 58.3 cm³/mol. The van der Waals surface area contributed by atoms with Crippen molar-refractivity contribution in [2.45, 2.75) is 0 Å². The number of hydrogen-bond acceptors (Lipinski definition) is 4. The summed E-state index contributed by atoms with van der Waals surface area (Å²) in [5.74, 6) is -0.454. The molecule has 0 unspecified atom stereocenters. The summed E-state index contributed by atoms with van der Waals surface area (Å²) in [4.78, 5) is 11.2. The van der Waals surface area contributed by atoms with Crippen molar-refractivity contribution in [3.8, 4) is 0 Å². The molecule has 4 nitrogen and oxygen atoms in total. The molecule has 0 aliphatic carbocycles. The number of carbonyl (C=O) groups excluding carboxylic acids is 1. The lowest BCUT2D eigenvalue weighted by molar-refractivity contribution is 0.0602. The number of esters is 1. The first-order chi connectivity index (χ1) is 7.19. The van der Waals surface area contributed by atoms with Gasteiger partial charge in [0.2, 0.25) is 0 Å². The number of nitrogens with two attached hydrogens (primary N) is 1. The number of anilines is 1. The van der Waals surface area contributed by atoms with Crippen molar-refractivity contribution in [3.63, 3.8) is 0 Å². The third-order valence-electron chi connectivity index (χ3n) is 1.90. The minimum atomic E-state index is -0.454. The number of nitrogen functional groups attached to an aromatic ring is 1. The smallest absolute Gasteiger partial charge is 0.339 e. The fourth-order valence-corrected chi connectivity index (χ4v) is 1.17. The van der Waals surface area contributed by atoms with Crippen molar-refractivity contribution >= 4 is 17.7 Å². The van der Waals surface area contributed by atoms with E-state index in [-0.39, 0.29) is 6.61 Å². The zero-order valence-electron chi connectivity index (χ0n) is 8.43. The van der Waals surface area contributed by atoms with Gasteiger partial charge in [-0.3, -0.25) is 0 Å². The number of aliphatic hydroxyl groups excluding tert-OH is 1. The Labute approximate surface area is 88.0 Å². The number of ether oxygens (including phenoxy) is 1. The Hall–Kier alpha value is -1.81. The average molecular weight is 207 g/mol. The quantitative estimate of drug-likeness (QED) is 0.574. The summed E-state index contributed by atoms with van der Waals surface area (Å²) >= 11 is 0. The van der Waals surface area contributed by atoms with Gasteiger partial charge in [-0.25, -0.2) is 4.79 Å². The number of benzene rings is 1. The Morgan fingerprint density at radius 2 is 2.33 bits per heavy atom. The second-order valence-electron chi connectivity index (χ2n) is 2.92. The number of hydrogen-bond donors (Lipinski definition) is 2. The Morgan fingerprint density at radius 3 is 2.87 bits per heavy atom. The largest absolute Gasteiger partial charge is 0.465 e. The maximum Gasteiger partial charge on any atom is 0.339 e. The van der Waals surface area contributed by atoms with Crippen molar-refractivity contribution in [2.75, 3.05) is 19.5 Å². The highest BCUT2D eigenvalue weighted by atomic mass is 16.5. The first-order valence-electron chi connectivity index (χ1n) is 4.44. The Bertz CT molecular complexity index is 385. The highest BCUT2D eigenvalue weighted by molar-refractivity contribution is 5.95. The number of rotatable bonds is 3. The summed E-state index contributed by atoms with van der Waals surface area (Å²) in [6, 6.07) is 4.98. The summed E-state index contributed by atoms with van der Waals surface area (Å²) in [5.41, 5.74) is 7.21. The van der Waals surface area contributed by atoms with Crippen LogP contribution in [0.4, 0.5) is 5.69 Å². The molecule has 0 saturated carbocycles. The highest BCUT2D eigenvalue weighted by Crippen LogP contribution is 2.16. The molecular formula is C11H13NO3. The maximum atomic E-state index is 11.2. The number of carbonyl (C=O) groups is 1. The molecule has 1 aromatic rings. The van der Waals surface area contributed by atoms with Crippen LogP contribution in [0.15, 0.2) is 24.3 Å². The van der Waals surface area contributed by atoms with E-state index in [2.05, 4.69) is 4.74 Å². The van der Waals surface area contributed by atoms with Crippen molar-refractivity contribution in [1.29, 1.82) is 0 Å². The Kier molecular flexibility index (Phi) is 3.88. The molecule has 80 valence electrons. The molecule has 0 spiro atoms. The van der Waals surface area contributed by atoms with Crippen LogP contribution in [-0.2, 0) is 4.74 Å². The van der Waals surface area contributed by atoms with Crippen molar-refractivity contribution in [1.82, 2.24) is 0 Å². The van der Waals surface area contributed by atoms with Gasteiger partial charge >= 0.3 is 5.97 Å². The lowest BCUT2D eigenvalue weighted by Gasteiger charge is -2.04. The van der Waals surface area contributed by atoms with Gasteiger partial charge in [-0.2, -0.15) is 0 Å². The van der Waals surface area contributed by atoms with Gasteiger partial charge in [-0.05, 0) is 17.7 Å². The first-order valence-corrected chi connectivity index (χ1v) is 4.44. The van der Waals surface area contributed by atoms with Crippen LogP contribution < -0.4 is 5.73 Å². The van der Waals surface area contributed by atoms with Crippen LogP contribution in [0.5, 0.6) is 0 Å². The van der Waals surface area contributed by atoms with Gasteiger partial charge < -0.3 is 15.6 Å². The number of aliphatic hydroxyl groups is 1. The fourth-order valence-electron chi connectivity index (χ4n) is 1.17. The van der Waals surface area contributed by atoms with Crippen molar-refractivity contribution in [2.24, 2.45) is 0 Å². The third kappa shape index (κ3) is 2.82. The molecule has 0 aliphatic heterocycles. The average Bonchev–Trinajstić information content (AvgIpc) is 2.25. The Morgan fingerprint density at radius 1 is 1.60 bits per heavy atom. The van der Waals surface area contributed by atoms with Gasteiger partial charge in [0.1, 0.15) is 0 Å². The second-order valence-corrected chi connectivity index (χ2v) is 2.92. The van der Waals surface area contributed by atoms with E-state index in [0.717, 1.165) is 5.56 Å². The second kappa shape index (κ2) is 5.17. The molecule has 0 fully saturated rings. The summed E-state index contributed by atoms with van der Waals surface area (Å²) in [6.45, 7) is -0.0291. The van der Waals surface area contributed by atoms with E-state index < -0.39 is 5.97 Å². The molecule has 3 N–H and O–H groups in total. The van der Waals surface area contributed by atoms with Crippen molar-refractivity contribution in [3.05, 3.63) is 35.4 Å². The number of methoxy groups -OCH3 is 1. The van der Waals surface area contributed by atoms with Gasteiger partial charge in [-0.15, -0.1) is 0 Å². The van der Waals surface area contributed by atoms with E-state index in [9.17, 15) is 4.79 Å². The maximum absolute atomic E-state index is 11.2. The lowest BCUT2D eigenvalue weighted by Crippen LogP contribution is -2.05. The van der Waals surface area contributed by atoms with E-state index in [4.69, 9.17) is 10.8 Å². The zero-order chi connectivity index (χ0) is 11.3. The molecule has 4 heteroatoms. The third-order valence-corrected chi connectivity index (χ3v) is 1.90. The van der Waals surface area contributed by atoms with Crippen LogP contribution in [0.1, 0.15) is 15.9 Å². The molecule has 0 radical (unpaired) electrons. The molecule has 0 aromatic heterocycles. The SMILES string of the molecule is COC(=O)c1ccc(C=CCO)cc1N. The van der Waals surface area contributed by atoms with E-state index in [0.29, 0.717) is 11.3 Å².